The highest BCUT2D eigenvalue weighted by Crippen LogP contribution is 2.29. The van der Waals surface area contributed by atoms with E-state index in [1.807, 2.05) is 18.2 Å². The van der Waals surface area contributed by atoms with E-state index in [-0.39, 0.29) is 17.3 Å². The van der Waals surface area contributed by atoms with Crippen LogP contribution >= 0.6 is 23.2 Å². The molecule has 0 aliphatic heterocycles. The zero-order valence-corrected chi connectivity index (χ0v) is 11.2. The molecule has 0 saturated carbocycles. The van der Waals surface area contributed by atoms with Crippen LogP contribution in [0.2, 0.25) is 10.0 Å². The van der Waals surface area contributed by atoms with Gasteiger partial charge in [0.25, 0.3) is 5.69 Å². The Morgan fingerprint density at radius 2 is 1.84 bits per heavy atom. The number of nitro benzene ring substituents is 1. The summed E-state index contributed by atoms with van der Waals surface area (Å²) in [6.45, 7) is 0.247. The van der Waals surface area contributed by atoms with E-state index >= 15 is 0 Å². The summed E-state index contributed by atoms with van der Waals surface area (Å²) in [5.41, 5.74) is 0.744. The average Bonchev–Trinajstić information content (AvgIpc) is 2.39. The number of hydrogen-bond acceptors (Lipinski definition) is 3. The largest absolute Gasteiger partial charge is 0.487 e. The molecule has 2 aromatic rings. The first-order valence-electron chi connectivity index (χ1n) is 5.38. The minimum absolute atomic E-state index is 0.0740. The Bertz CT molecular complexity index is 617. The minimum atomic E-state index is -0.510. The molecule has 98 valence electrons. The van der Waals surface area contributed by atoms with E-state index in [4.69, 9.17) is 27.9 Å². The molecule has 2 aromatic carbocycles. The second kappa shape index (κ2) is 5.91. The summed E-state index contributed by atoms with van der Waals surface area (Å²) < 4.78 is 5.50. The number of benzene rings is 2. The number of halogens is 2. The Labute approximate surface area is 119 Å². The van der Waals surface area contributed by atoms with Crippen molar-refractivity contribution >= 4 is 28.9 Å². The molecule has 4 nitrogen and oxygen atoms in total. The van der Waals surface area contributed by atoms with Gasteiger partial charge < -0.3 is 4.74 Å². The second-order valence-electron chi connectivity index (χ2n) is 3.75. The molecule has 0 fully saturated rings. The number of ether oxygens (including phenoxy) is 1. The maximum Gasteiger partial charge on any atom is 0.271 e. The van der Waals surface area contributed by atoms with Crippen LogP contribution in [-0.4, -0.2) is 4.92 Å². The van der Waals surface area contributed by atoms with Gasteiger partial charge in [-0.05, 0) is 12.1 Å². The molecule has 0 saturated heterocycles. The zero-order chi connectivity index (χ0) is 13.8. The summed E-state index contributed by atoms with van der Waals surface area (Å²) in [4.78, 5) is 10.1. The number of rotatable bonds is 4. The van der Waals surface area contributed by atoms with Gasteiger partial charge in [-0.2, -0.15) is 0 Å². The third kappa shape index (κ3) is 3.36. The van der Waals surface area contributed by atoms with E-state index in [9.17, 15) is 10.1 Å². The van der Waals surface area contributed by atoms with E-state index < -0.39 is 4.92 Å². The van der Waals surface area contributed by atoms with Crippen molar-refractivity contribution in [2.45, 2.75) is 6.61 Å². The molecule has 0 aliphatic carbocycles. The highest BCUT2D eigenvalue weighted by molar-refractivity contribution is 6.32. The number of non-ortho nitro benzene ring substituents is 1. The molecule has 0 aliphatic rings. The molecule has 0 N–H and O–H groups in total. The van der Waals surface area contributed by atoms with Crippen LogP contribution in [-0.2, 0) is 6.61 Å². The molecule has 0 spiro atoms. The zero-order valence-electron chi connectivity index (χ0n) is 9.68. The average molecular weight is 298 g/mol. The van der Waals surface area contributed by atoms with Gasteiger partial charge in [-0.25, -0.2) is 0 Å². The lowest BCUT2D eigenvalue weighted by atomic mass is 10.2. The third-order valence-corrected chi connectivity index (χ3v) is 3.13. The Morgan fingerprint density at radius 3 is 2.47 bits per heavy atom. The lowest BCUT2D eigenvalue weighted by Crippen LogP contribution is -1.97. The second-order valence-corrected chi connectivity index (χ2v) is 4.57. The molecule has 0 bridgehead atoms. The Morgan fingerprint density at radius 1 is 1.11 bits per heavy atom. The van der Waals surface area contributed by atoms with Crippen LogP contribution in [0.5, 0.6) is 5.75 Å². The molecule has 0 aromatic heterocycles. The van der Waals surface area contributed by atoms with E-state index in [2.05, 4.69) is 0 Å². The summed E-state index contributed by atoms with van der Waals surface area (Å²) in [6, 6.07) is 11.3. The number of nitro groups is 1. The number of nitrogens with zero attached hydrogens (tertiary/aromatic N) is 1. The van der Waals surface area contributed by atoms with Crippen molar-refractivity contribution in [3.8, 4) is 5.75 Å². The quantitative estimate of drug-likeness (QED) is 0.617. The van der Waals surface area contributed by atoms with Crippen LogP contribution in [0.3, 0.4) is 0 Å². The first-order chi connectivity index (χ1) is 9.08. The van der Waals surface area contributed by atoms with Gasteiger partial charge in [-0.3, -0.25) is 10.1 Å². The summed E-state index contributed by atoms with van der Waals surface area (Å²) in [6.07, 6.45) is 0. The molecule has 6 heteroatoms. The van der Waals surface area contributed by atoms with Gasteiger partial charge in [0.05, 0.1) is 9.95 Å². The van der Waals surface area contributed by atoms with E-state index in [0.29, 0.717) is 10.8 Å². The Balaban J connectivity index is 2.12. The third-order valence-electron chi connectivity index (χ3n) is 2.47. The standard InChI is InChI=1S/C13H9Cl2NO3/c14-11-4-2-1-3-9(11)8-19-13-6-5-10(16(17)18)7-12(13)15/h1-7H,8H2. The first-order valence-corrected chi connectivity index (χ1v) is 6.13. The van der Waals surface area contributed by atoms with Crippen LogP contribution in [0.15, 0.2) is 42.5 Å². The normalized spacial score (nSPS) is 10.2. The summed E-state index contributed by atoms with van der Waals surface area (Å²) in [5, 5.41) is 11.4. The monoisotopic (exact) mass is 297 g/mol. The fourth-order valence-electron chi connectivity index (χ4n) is 1.49. The molecule has 19 heavy (non-hydrogen) atoms. The van der Waals surface area contributed by atoms with Crippen molar-refractivity contribution in [2.24, 2.45) is 0 Å². The molecule has 0 atom stereocenters. The van der Waals surface area contributed by atoms with Gasteiger partial charge in [-0.15, -0.1) is 0 Å². The van der Waals surface area contributed by atoms with Gasteiger partial charge in [-0.1, -0.05) is 41.4 Å². The van der Waals surface area contributed by atoms with Gasteiger partial charge in [0.15, 0.2) is 0 Å². The predicted molar refractivity (Wildman–Crippen MR) is 73.9 cm³/mol. The molecular formula is C13H9Cl2NO3. The Kier molecular flexibility index (Phi) is 4.24. The minimum Gasteiger partial charge on any atom is -0.487 e. The van der Waals surface area contributed by atoms with Crippen molar-refractivity contribution in [1.29, 1.82) is 0 Å². The smallest absolute Gasteiger partial charge is 0.271 e. The highest BCUT2D eigenvalue weighted by Gasteiger charge is 2.10. The van der Waals surface area contributed by atoms with Crippen LogP contribution in [0.25, 0.3) is 0 Å². The van der Waals surface area contributed by atoms with E-state index in [1.54, 1.807) is 6.07 Å². The SMILES string of the molecule is O=[N+]([O-])c1ccc(OCc2ccccc2Cl)c(Cl)c1. The van der Waals surface area contributed by atoms with Crippen molar-refractivity contribution in [3.63, 3.8) is 0 Å². The summed E-state index contributed by atoms with van der Waals surface area (Å²) >= 11 is 11.9. The predicted octanol–water partition coefficient (Wildman–Crippen LogP) is 4.48. The van der Waals surface area contributed by atoms with Crippen LogP contribution in [0, 0.1) is 10.1 Å². The molecule has 0 heterocycles. The van der Waals surface area contributed by atoms with Crippen LogP contribution < -0.4 is 4.74 Å². The lowest BCUT2D eigenvalue weighted by Gasteiger charge is -2.08. The maximum atomic E-state index is 10.6. The van der Waals surface area contributed by atoms with Gasteiger partial charge in [0, 0.05) is 22.7 Å². The fraction of sp³-hybridized carbons (Fsp3) is 0.0769. The van der Waals surface area contributed by atoms with Crippen molar-refractivity contribution in [3.05, 3.63) is 68.2 Å². The van der Waals surface area contributed by atoms with Crippen LogP contribution in [0.1, 0.15) is 5.56 Å². The molecule has 0 unspecified atom stereocenters. The van der Waals surface area contributed by atoms with Crippen LogP contribution in [0.4, 0.5) is 5.69 Å². The maximum absolute atomic E-state index is 10.6. The fourth-order valence-corrected chi connectivity index (χ4v) is 1.91. The summed E-state index contributed by atoms with van der Waals surface area (Å²) in [5.74, 6) is 0.382. The first kappa shape index (κ1) is 13.6. The summed E-state index contributed by atoms with van der Waals surface area (Å²) in [7, 11) is 0. The highest BCUT2D eigenvalue weighted by atomic mass is 35.5. The topological polar surface area (TPSA) is 52.4 Å². The Hall–Kier alpha value is -1.78. The van der Waals surface area contributed by atoms with Crippen molar-refractivity contribution in [2.75, 3.05) is 0 Å². The van der Waals surface area contributed by atoms with E-state index in [1.165, 1.54) is 18.2 Å². The molecular weight excluding hydrogens is 289 g/mol. The van der Waals surface area contributed by atoms with Crippen molar-refractivity contribution in [1.82, 2.24) is 0 Å². The van der Waals surface area contributed by atoms with E-state index in [0.717, 1.165) is 5.56 Å². The van der Waals surface area contributed by atoms with Gasteiger partial charge in [0.1, 0.15) is 12.4 Å². The van der Waals surface area contributed by atoms with Gasteiger partial charge >= 0.3 is 0 Å². The van der Waals surface area contributed by atoms with Gasteiger partial charge in [0.2, 0.25) is 0 Å². The molecule has 2 rings (SSSR count). The molecule has 0 radical (unpaired) electrons. The van der Waals surface area contributed by atoms with Crippen molar-refractivity contribution < 1.29 is 9.66 Å². The lowest BCUT2D eigenvalue weighted by molar-refractivity contribution is -0.384. The number of hydrogen-bond donors (Lipinski definition) is 0. The molecule has 0 amide bonds.